The van der Waals surface area contributed by atoms with Gasteiger partial charge >= 0.3 is 5.91 Å². The lowest BCUT2D eigenvalue weighted by Gasteiger charge is -2.20. The van der Waals surface area contributed by atoms with Gasteiger partial charge in [-0.2, -0.15) is 0 Å². The zero-order chi connectivity index (χ0) is 18.2. The smallest absolute Gasteiger partial charge is 0.303 e. The van der Waals surface area contributed by atoms with E-state index in [-0.39, 0.29) is 28.9 Å². The highest BCUT2D eigenvalue weighted by Crippen LogP contribution is 2.32. The van der Waals surface area contributed by atoms with E-state index in [1.165, 1.54) is 18.2 Å². The Kier molecular flexibility index (Phi) is 4.21. The summed E-state index contributed by atoms with van der Waals surface area (Å²) >= 11 is 0. The van der Waals surface area contributed by atoms with Crippen molar-refractivity contribution in [3.8, 4) is 5.75 Å². The molecule has 2 N–H and O–H groups in total. The summed E-state index contributed by atoms with van der Waals surface area (Å²) in [7, 11) is -4.16. The highest BCUT2D eigenvalue weighted by molar-refractivity contribution is 7.90. The van der Waals surface area contributed by atoms with Gasteiger partial charge in [-0.15, -0.1) is 0 Å². The first kappa shape index (κ1) is 17.0. The summed E-state index contributed by atoms with van der Waals surface area (Å²) in [6.07, 6.45) is 0.552. The molecule has 10 heteroatoms. The maximum atomic E-state index is 12.5. The molecule has 9 nitrogen and oxygen atoms in total. The van der Waals surface area contributed by atoms with Crippen molar-refractivity contribution in [2.75, 3.05) is 11.9 Å². The van der Waals surface area contributed by atoms with Crippen LogP contribution in [-0.4, -0.2) is 32.0 Å². The Balaban J connectivity index is 1.89. The summed E-state index contributed by atoms with van der Waals surface area (Å²) in [4.78, 5) is 23.3. The zero-order valence-corrected chi connectivity index (χ0v) is 14.3. The van der Waals surface area contributed by atoms with Crippen molar-refractivity contribution >= 4 is 27.5 Å². The van der Waals surface area contributed by atoms with E-state index in [2.05, 4.69) is 10.5 Å². The Hall–Kier alpha value is -2.88. The van der Waals surface area contributed by atoms with E-state index in [0.29, 0.717) is 23.4 Å². The number of hydrogen-bond donors (Lipinski definition) is 2. The lowest BCUT2D eigenvalue weighted by atomic mass is 10.2. The third kappa shape index (κ3) is 3.33. The second-order valence-corrected chi connectivity index (χ2v) is 7.07. The molecule has 0 saturated carbocycles. The van der Waals surface area contributed by atoms with Gasteiger partial charge in [0.05, 0.1) is 16.3 Å². The van der Waals surface area contributed by atoms with Gasteiger partial charge in [-0.1, -0.05) is 12.1 Å². The third-order valence-electron chi connectivity index (χ3n) is 3.57. The number of carbonyl (C=O) groups excluding carboxylic acids is 2. The van der Waals surface area contributed by atoms with Crippen molar-refractivity contribution in [2.45, 2.75) is 25.2 Å². The second-order valence-electron chi connectivity index (χ2n) is 5.42. The van der Waals surface area contributed by atoms with Gasteiger partial charge in [0.15, 0.2) is 6.61 Å². The average Bonchev–Trinajstić information content (AvgIpc) is 3.02. The molecule has 25 heavy (non-hydrogen) atoms. The number of aryl methyl sites for hydroxylation is 2. The number of rotatable bonds is 4. The Morgan fingerprint density at radius 1 is 1.36 bits per heavy atom. The van der Waals surface area contributed by atoms with Crippen LogP contribution in [-0.2, 0) is 21.2 Å². The fourth-order valence-electron chi connectivity index (χ4n) is 2.32. The van der Waals surface area contributed by atoms with E-state index in [0.717, 1.165) is 0 Å². The van der Waals surface area contributed by atoms with Crippen LogP contribution in [0.15, 0.2) is 27.6 Å². The summed E-state index contributed by atoms with van der Waals surface area (Å²) in [5.74, 6) is -1.23. The van der Waals surface area contributed by atoms with Gasteiger partial charge in [-0.3, -0.25) is 9.59 Å². The molecule has 0 fully saturated rings. The summed E-state index contributed by atoms with van der Waals surface area (Å²) < 4.78 is 37.0. The number of anilines is 1. The molecule has 0 atom stereocenters. The first-order valence-electron chi connectivity index (χ1n) is 7.40. The van der Waals surface area contributed by atoms with Crippen molar-refractivity contribution in [1.82, 2.24) is 9.88 Å². The molecule has 1 aliphatic rings. The minimum Gasteiger partial charge on any atom is -0.482 e. The fourth-order valence-corrected chi connectivity index (χ4v) is 3.52. The number of hydrogen-bond acceptors (Lipinski definition) is 7. The van der Waals surface area contributed by atoms with Crippen LogP contribution in [0.2, 0.25) is 0 Å². The molecule has 1 aromatic carbocycles. The Morgan fingerprint density at radius 3 is 2.80 bits per heavy atom. The van der Waals surface area contributed by atoms with Crippen molar-refractivity contribution < 1.29 is 27.3 Å². The first-order chi connectivity index (χ1) is 11.8. The topological polar surface area (TPSA) is 128 Å². The number of nitrogens with one attached hydrogen (secondary N) is 2. The van der Waals surface area contributed by atoms with E-state index in [1.54, 1.807) is 6.92 Å². The van der Waals surface area contributed by atoms with Crippen LogP contribution in [0.25, 0.3) is 0 Å². The number of sulfonamides is 1. The van der Waals surface area contributed by atoms with Crippen LogP contribution in [0, 0.1) is 6.92 Å². The second kappa shape index (κ2) is 6.20. The molecular formula is C15H15N3O6S. The highest BCUT2D eigenvalue weighted by Gasteiger charge is 2.26. The van der Waals surface area contributed by atoms with Crippen molar-refractivity contribution in [2.24, 2.45) is 0 Å². The van der Waals surface area contributed by atoms with E-state index in [4.69, 9.17) is 9.26 Å². The molecule has 0 spiro atoms. The summed E-state index contributed by atoms with van der Waals surface area (Å²) in [6.45, 7) is 3.16. The number of benzene rings is 1. The van der Waals surface area contributed by atoms with Crippen LogP contribution >= 0.6 is 0 Å². The van der Waals surface area contributed by atoms with Crippen LogP contribution in [0.3, 0.4) is 0 Å². The van der Waals surface area contributed by atoms with Gasteiger partial charge < -0.3 is 14.6 Å². The van der Waals surface area contributed by atoms with Crippen molar-refractivity contribution in [1.29, 1.82) is 0 Å². The monoisotopic (exact) mass is 365 g/mol. The number of fused-ring (bicyclic) bond motifs is 1. The van der Waals surface area contributed by atoms with Gasteiger partial charge in [0.2, 0.25) is 5.76 Å². The molecule has 1 aromatic heterocycles. The normalized spacial score (nSPS) is 13.6. The van der Waals surface area contributed by atoms with Gasteiger partial charge in [0.1, 0.15) is 5.75 Å². The van der Waals surface area contributed by atoms with Gasteiger partial charge in [0, 0.05) is 12.1 Å². The average molecular weight is 365 g/mol. The largest absolute Gasteiger partial charge is 0.482 e. The number of carbonyl (C=O) groups is 2. The molecule has 2 amide bonds. The lowest BCUT2D eigenvalue weighted by molar-refractivity contribution is -0.118. The molecule has 0 bridgehead atoms. The minimum atomic E-state index is -4.16. The summed E-state index contributed by atoms with van der Waals surface area (Å²) in [6, 6.07) is 4.11. The summed E-state index contributed by atoms with van der Waals surface area (Å²) in [5.41, 5.74) is 1.26. The van der Waals surface area contributed by atoms with Crippen molar-refractivity contribution in [3.63, 3.8) is 0 Å². The Bertz CT molecular complexity index is 964. The van der Waals surface area contributed by atoms with E-state index in [9.17, 15) is 18.0 Å². The zero-order valence-electron chi connectivity index (χ0n) is 13.5. The Labute approximate surface area is 143 Å². The molecule has 132 valence electrons. The standard InChI is InChI=1S/C15H15N3O6S/c1-3-9-5-12(24-17-9)15(20)18-25(21,22)13-6-11-10(4-8(13)2)16-14(19)7-23-11/h4-6H,3,7H2,1-2H3,(H,16,19)(H,18,20). The molecule has 3 rings (SSSR count). The van der Waals surface area contributed by atoms with Crippen LogP contribution in [0.5, 0.6) is 5.75 Å². The fraction of sp³-hybridized carbons (Fsp3) is 0.267. The van der Waals surface area contributed by atoms with Gasteiger partial charge in [-0.05, 0) is 25.0 Å². The first-order valence-corrected chi connectivity index (χ1v) is 8.88. The van der Waals surface area contributed by atoms with Crippen LogP contribution < -0.4 is 14.8 Å². The molecule has 0 radical (unpaired) electrons. The predicted molar refractivity (Wildman–Crippen MR) is 85.8 cm³/mol. The molecule has 2 heterocycles. The van der Waals surface area contributed by atoms with Gasteiger partial charge in [0.25, 0.3) is 15.9 Å². The maximum Gasteiger partial charge on any atom is 0.303 e. The quantitative estimate of drug-likeness (QED) is 0.827. The van der Waals surface area contributed by atoms with Crippen LogP contribution in [0.4, 0.5) is 5.69 Å². The van der Waals surface area contributed by atoms with E-state index < -0.39 is 15.9 Å². The molecule has 2 aromatic rings. The van der Waals surface area contributed by atoms with E-state index >= 15 is 0 Å². The van der Waals surface area contributed by atoms with E-state index in [1.807, 2.05) is 11.6 Å². The molecule has 1 aliphatic heterocycles. The van der Waals surface area contributed by atoms with Crippen LogP contribution in [0.1, 0.15) is 28.7 Å². The van der Waals surface area contributed by atoms with Crippen molar-refractivity contribution in [3.05, 3.63) is 35.2 Å². The predicted octanol–water partition coefficient (Wildman–Crippen LogP) is 0.995. The molecule has 0 saturated heterocycles. The third-order valence-corrected chi connectivity index (χ3v) is 5.04. The number of amides is 2. The highest BCUT2D eigenvalue weighted by atomic mass is 32.2. The van der Waals surface area contributed by atoms with Gasteiger partial charge in [-0.25, -0.2) is 13.1 Å². The molecule has 0 unspecified atom stereocenters. The Morgan fingerprint density at radius 2 is 2.12 bits per heavy atom. The lowest BCUT2D eigenvalue weighted by Crippen LogP contribution is -2.31. The molecule has 0 aliphatic carbocycles. The maximum absolute atomic E-state index is 12.5. The number of aromatic nitrogens is 1. The number of nitrogens with zero attached hydrogens (tertiary/aromatic N) is 1. The SMILES string of the molecule is CCc1cc(C(=O)NS(=O)(=O)c2cc3c(cc2C)NC(=O)CO3)on1. The number of ether oxygens (including phenoxy) is 1. The molecular weight excluding hydrogens is 350 g/mol. The summed E-state index contributed by atoms with van der Waals surface area (Å²) in [5, 5.41) is 6.24. The minimum absolute atomic E-state index is 0.133.